The van der Waals surface area contributed by atoms with Crippen LogP contribution in [0.1, 0.15) is 5.56 Å². The van der Waals surface area contributed by atoms with Crippen LogP contribution in [0.3, 0.4) is 0 Å². The number of ether oxygens (including phenoxy) is 1. The Bertz CT molecular complexity index is 379. The summed E-state index contributed by atoms with van der Waals surface area (Å²) in [5, 5.41) is 0. The van der Waals surface area contributed by atoms with Crippen LogP contribution >= 0.6 is 0 Å². The van der Waals surface area contributed by atoms with Crippen molar-refractivity contribution in [3.63, 3.8) is 0 Å². The highest BCUT2D eigenvalue weighted by Crippen LogP contribution is 2.24. The van der Waals surface area contributed by atoms with Gasteiger partial charge in [0, 0.05) is 6.54 Å². The number of carbonyl (C=O) groups is 1. The predicted molar refractivity (Wildman–Crippen MR) is 57.8 cm³/mol. The molecule has 0 aromatic heterocycles. The van der Waals surface area contributed by atoms with E-state index in [4.69, 9.17) is 10.5 Å². The first kappa shape index (κ1) is 9.98. The summed E-state index contributed by atoms with van der Waals surface area (Å²) in [6, 6.07) is 7.74. The van der Waals surface area contributed by atoms with Gasteiger partial charge >= 0.3 is 6.09 Å². The number of amides is 1. The van der Waals surface area contributed by atoms with E-state index < -0.39 is 0 Å². The van der Waals surface area contributed by atoms with Gasteiger partial charge in [-0.3, -0.25) is 4.90 Å². The molecule has 2 N–H and O–H groups in total. The quantitative estimate of drug-likeness (QED) is 0.793. The summed E-state index contributed by atoms with van der Waals surface area (Å²) in [5.74, 6) is 0. The molecule has 1 aliphatic rings. The lowest BCUT2D eigenvalue weighted by molar-refractivity contribution is 0.145. The van der Waals surface area contributed by atoms with Crippen LogP contribution in [-0.2, 0) is 4.74 Å². The standard InChI is InChI=1S/C11H14N2O2/c1-8-4-2-3-5-10(8)13-7-9(6-12)15-11(13)14/h2-5,9H,6-7,12H2,1H3. The molecule has 1 saturated heterocycles. The van der Waals surface area contributed by atoms with E-state index in [0.717, 1.165) is 11.3 Å². The summed E-state index contributed by atoms with van der Waals surface area (Å²) >= 11 is 0. The van der Waals surface area contributed by atoms with Crippen molar-refractivity contribution in [1.29, 1.82) is 0 Å². The van der Waals surface area contributed by atoms with Crippen molar-refractivity contribution < 1.29 is 9.53 Å². The van der Waals surface area contributed by atoms with Gasteiger partial charge in [0.15, 0.2) is 0 Å². The van der Waals surface area contributed by atoms with Crippen LogP contribution in [0, 0.1) is 6.92 Å². The largest absolute Gasteiger partial charge is 0.443 e. The third-order valence-electron chi connectivity index (χ3n) is 2.54. The molecule has 2 rings (SSSR count). The van der Waals surface area contributed by atoms with E-state index in [0.29, 0.717) is 13.1 Å². The SMILES string of the molecule is Cc1ccccc1N1CC(CN)OC1=O. The number of rotatable bonds is 2. The van der Waals surface area contributed by atoms with E-state index in [-0.39, 0.29) is 12.2 Å². The first-order valence-corrected chi connectivity index (χ1v) is 4.96. The number of anilines is 1. The van der Waals surface area contributed by atoms with E-state index in [1.54, 1.807) is 4.90 Å². The molecule has 1 aromatic rings. The fourth-order valence-electron chi connectivity index (χ4n) is 1.71. The molecule has 0 radical (unpaired) electrons. The smallest absolute Gasteiger partial charge is 0.414 e. The summed E-state index contributed by atoms with van der Waals surface area (Å²) in [4.78, 5) is 13.2. The van der Waals surface area contributed by atoms with Crippen molar-refractivity contribution in [1.82, 2.24) is 0 Å². The zero-order valence-electron chi connectivity index (χ0n) is 8.64. The van der Waals surface area contributed by atoms with E-state index >= 15 is 0 Å². The first-order valence-electron chi connectivity index (χ1n) is 4.96. The minimum absolute atomic E-state index is 0.183. The van der Waals surface area contributed by atoms with Crippen LogP contribution in [0.2, 0.25) is 0 Å². The fraction of sp³-hybridized carbons (Fsp3) is 0.364. The Kier molecular flexibility index (Phi) is 2.60. The molecule has 1 heterocycles. The van der Waals surface area contributed by atoms with Gasteiger partial charge in [0.1, 0.15) is 6.10 Å². The van der Waals surface area contributed by atoms with Gasteiger partial charge in [-0.15, -0.1) is 0 Å². The monoisotopic (exact) mass is 206 g/mol. The molecular weight excluding hydrogens is 192 g/mol. The first-order chi connectivity index (χ1) is 7.22. The highest BCUT2D eigenvalue weighted by atomic mass is 16.6. The minimum atomic E-state index is -0.306. The number of hydrogen-bond donors (Lipinski definition) is 1. The second kappa shape index (κ2) is 3.90. The fourth-order valence-corrected chi connectivity index (χ4v) is 1.71. The third kappa shape index (κ3) is 1.80. The Morgan fingerprint density at radius 1 is 1.53 bits per heavy atom. The number of benzene rings is 1. The predicted octanol–water partition coefficient (Wildman–Crippen LogP) is 1.28. The number of carbonyl (C=O) groups excluding carboxylic acids is 1. The van der Waals surface area contributed by atoms with Crippen molar-refractivity contribution in [3.05, 3.63) is 29.8 Å². The molecule has 1 fully saturated rings. The van der Waals surface area contributed by atoms with Gasteiger partial charge in [0.05, 0.1) is 12.2 Å². The van der Waals surface area contributed by atoms with Crippen molar-refractivity contribution in [2.75, 3.05) is 18.0 Å². The Hall–Kier alpha value is -1.55. The average Bonchev–Trinajstić information content (AvgIpc) is 2.60. The van der Waals surface area contributed by atoms with E-state index in [2.05, 4.69) is 0 Å². The molecule has 0 spiro atoms. The lowest BCUT2D eigenvalue weighted by Gasteiger charge is -2.15. The molecule has 0 bridgehead atoms. The van der Waals surface area contributed by atoms with Crippen LogP contribution in [0.25, 0.3) is 0 Å². The number of cyclic esters (lactones) is 1. The Morgan fingerprint density at radius 3 is 2.87 bits per heavy atom. The Morgan fingerprint density at radius 2 is 2.27 bits per heavy atom. The topological polar surface area (TPSA) is 55.6 Å². The van der Waals surface area contributed by atoms with Crippen LogP contribution in [0.4, 0.5) is 10.5 Å². The molecule has 4 heteroatoms. The number of nitrogens with zero attached hydrogens (tertiary/aromatic N) is 1. The summed E-state index contributed by atoms with van der Waals surface area (Å²) in [7, 11) is 0. The molecule has 4 nitrogen and oxygen atoms in total. The summed E-state index contributed by atoms with van der Waals surface area (Å²) < 4.78 is 5.09. The van der Waals surface area contributed by atoms with Gasteiger partial charge in [0.2, 0.25) is 0 Å². The lowest BCUT2D eigenvalue weighted by atomic mass is 10.2. The molecule has 1 aromatic carbocycles. The number of nitrogens with two attached hydrogens (primary N) is 1. The molecular formula is C11H14N2O2. The zero-order chi connectivity index (χ0) is 10.8. The van der Waals surface area contributed by atoms with Crippen molar-refractivity contribution in [3.8, 4) is 0 Å². The summed E-state index contributed by atoms with van der Waals surface area (Å²) in [6.45, 7) is 2.88. The van der Waals surface area contributed by atoms with Crippen LogP contribution in [0.5, 0.6) is 0 Å². The lowest BCUT2D eigenvalue weighted by Crippen LogP contribution is -2.27. The second-order valence-electron chi connectivity index (χ2n) is 3.64. The highest BCUT2D eigenvalue weighted by Gasteiger charge is 2.31. The maximum atomic E-state index is 11.5. The van der Waals surface area contributed by atoms with E-state index in [1.807, 2.05) is 31.2 Å². The number of para-hydroxylation sites is 1. The third-order valence-corrected chi connectivity index (χ3v) is 2.54. The van der Waals surface area contributed by atoms with Crippen LogP contribution < -0.4 is 10.6 Å². The van der Waals surface area contributed by atoms with Crippen molar-refractivity contribution in [2.45, 2.75) is 13.0 Å². The van der Waals surface area contributed by atoms with Crippen molar-refractivity contribution >= 4 is 11.8 Å². The maximum Gasteiger partial charge on any atom is 0.414 e. The highest BCUT2D eigenvalue weighted by molar-refractivity contribution is 5.90. The molecule has 1 aliphatic heterocycles. The number of hydrogen-bond acceptors (Lipinski definition) is 3. The zero-order valence-corrected chi connectivity index (χ0v) is 8.64. The van der Waals surface area contributed by atoms with E-state index in [9.17, 15) is 4.79 Å². The van der Waals surface area contributed by atoms with Gasteiger partial charge < -0.3 is 10.5 Å². The van der Waals surface area contributed by atoms with Gasteiger partial charge in [-0.2, -0.15) is 0 Å². The van der Waals surface area contributed by atoms with Crippen LogP contribution in [-0.4, -0.2) is 25.3 Å². The van der Waals surface area contributed by atoms with Gasteiger partial charge in [0.25, 0.3) is 0 Å². The minimum Gasteiger partial charge on any atom is -0.443 e. The number of aryl methyl sites for hydroxylation is 1. The normalized spacial score (nSPS) is 20.5. The molecule has 1 atom stereocenters. The summed E-state index contributed by atoms with van der Waals surface area (Å²) in [5.41, 5.74) is 7.43. The van der Waals surface area contributed by atoms with Crippen LogP contribution in [0.15, 0.2) is 24.3 Å². The van der Waals surface area contributed by atoms with E-state index in [1.165, 1.54) is 0 Å². The van der Waals surface area contributed by atoms with Gasteiger partial charge in [-0.25, -0.2) is 4.79 Å². The second-order valence-corrected chi connectivity index (χ2v) is 3.64. The molecule has 1 unspecified atom stereocenters. The molecule has 80 valence electrons. The average molecular weight is 206 g/mol. The maximum absolute atomic E-state index is 11.5. The molecule has 0 aliphatic carbocycles. The molecule has 15 heavy (non-hydrogen) atoms. The summed E-state index contributed by atoms with van der Waals surface area (Å²) in [6.07, 6.45) is -0.489. The van der Waals surface area contributed by atoms with Gasteiger partial charge in [-0.1, -0.05) is 18.2 Å². The molecule has 0 saturated carbocycles. The molecule has 1 amide bonds. The van der Waals surface area contributed by atoms with Gasteiger partial charge in [-0.05, 0) is 18.6 Å². The Labute approximate surface area is 88.6 Å². The Balaban J connectivity index is 2.25. The van der Waals surface area contributed by atoms with Crippen molar-refractivity contribution in [2.24, 2.45) is 5.73 Å².